The molecule has 1 aliphatic carbocycles. The molecule has 0 aromatic heterocycles. The van der Waals surface area contributed by atoms with Gasteiger partial charge >= 0.3 is 0 Å². The Kier molecular flexibility index (Phi) is 3.74. The molecule has 0 aromatic carbocycles. The Labute approximate surface area is 80.6 Å². The molecule has 0 atom stereocenters. The van der Waals surface area contributed by atoms with Crippen LogP contribution in [0.2, 0.25) is 0 Å². The van der Waals surface area contributed by atoms with Crippen LogP contribution in [0.15, 0.2) is 0 Å². The molecule has 1 saturated carbocycles. The minimum Gasteiger partial charge on any atom is -0.328 e. The van der Waals surface area contributed by atoms with Gasteiger partial charge < -0.3 is 5.73 Å². The average molecular weight is 205 g/mol. The van der Waals surface area contributed by atoms with E-state index in [0.29, 0.717) is 17.7 Å². The predicted molar refractivity (Wildman–Crippen MR) is 54.3 cm³/mol. The molecule has 0 unspecified atom stereocenters. The fourth-order valence-electron chi connectivity index (χ4n) is 1.83. The standard InChI is InChI=1S/C9H19NO2S/c1-2-13(11,12)7-8-3-5-9(10)6-4-8/h8-9H,2-7,10H2,1H3. The first-order valence-electron chi connectivity index (χ1n) is 4.99. The molecule has 0 saturated heterocycles. The first-order valence-corrected chi connectivity index (χ1v) is 6.81. The quantitative estimate of drug-likeness (QED) is 0.746. The summed E-state index contributed by atoms with van der Waals surface area (Å²) in [5.74, 6) is 1.01. The molecule has 1 aliphatic rings. The highest BCUT2D eigenvalue weighted by Crippen LogP contribution is 2.24. The van der Waals surface area contributed by atoms with Gasteiger partial charge in [0, 0.05) is 11.8 Å². The largest absolute Gasteiger partial charge is 0.328 e. The van der Waals surface area contributed by atoms with Gasteiger partial charge in [-0.2, -0.15) is 0 Å². The third-order valence-corrected chi connectivity index (χ3v) is 4.68. The van der Waals surface area contributed by atoms with Gasteiger partial charge in [-0.25, -0.2) is 8.42 Å². The summed E-state index contributed by atoms with van der Waals surface area (Å²) >= 11 is 0. The summed E-state index contributed by atoms with van der Waals surface area (Å²) in [5, 5.41) is 0. The topological polar surface area (TPSA) is 60.2 Å². The zero-order chi connectivity index (χ0) is 9.90. The zero-order valence-corrected chi connectivity index (χ0v) is 9.02. The van der Waals surface area contributed by atoms with E-state index in [0.717, 1.165) is 25.7 Å². The average Bonchev–Trinajstić information content (AvgIpc) is 2.09. The number of hydrogen-bond donors (Lipinski definition) is 1. The summed E-state index contributed by atoms with van der Waals surface area (Å²) in [5.41, 5.74) is 5.74. The van der Waals surface area contributed by atoms with E-state index in [1.54, 1.807) is 6.92 Å². The molecule has 0 bridgehead atoms. The third kappa shape index (κ3) is 3.65. The molecule has 3 nitrogen and oxygen atoms in total. The lowest BCUT2D eigenvalue weighted by Crippen LogP contribution is -2.29. The lowest BCUT2D eigenvalue weighted by molar-refractivity contribution is 0.348. The number of sulfone groups is 1. The normalized spacial score (nSPS) is 30.3. The molecule has 0 amide bonds. The molecule has 0 radical (unpaired) electrons. The van der Waals surface area contributed by atoms with Gasteiger partial charge in [-0.15, -0.1) is 0 Å². The van der Waals surface area contributed by atoms with E-state index in [1.807, 2.05) is 0 Å². The summed E-state index contributed by atoms with van der Waals surface area (Å²) in [6.07, 6.45) is 3.95. The van der Waals surface area contributed by atoms with Crippen molar-refractivity contribution in [3.63, 3.8) is 0 Å². The van der Waals surface area contributed by atoms with E-state index >= 15 is 0 Å². The lowest BCUT2D eigenvalue weighted by atomic mass is 9.88. The maximum absolute atomic E-state index is 11.3. The Morgan fingerprint density at radius 3 is 2.23 bits per heavy atom. The molecule has 0 aromatic rings. The second kappa shape index (κ2) is 4.42. The van der Waals surface area contributed by atoms with Gasteiger partial charge in [0.25, 0.3) is 0 Å². The van der Waals surface area contributed by atoms with Crippen molar-refractivity contribution in [2.24, 2.45) is 11.7 Å². The van der Waals surface area contributed by atoms with Crippen LogP contribution in [0.4, 0.5) is 0 Å². The van der Waals surface area contributed by atoms with Crippen molar-refractivity contribution in [1.82, 2.24) is 0 Å². The third-order valence-electron chi connectivity index (χ3n) is 2.82. The number of rotatable bonds is 3. The Morgan fingerprint density at radius 1 is 1.23 bits per heavy atom. The van der Waals surface area contributed by atoms with Gasteiger partial charge in [0.1, 0.15) is 9.84 Å². The lowest BCUT2D eigenvalue weighted by Gasteiger charge is -2.25. The van der Waals surface area contributed by atoms with Crippen molar-refractivity contribution in [3.8, 4) is 0 Å². The van der Waals surface area contributed by atoms with Crippen LogP contribution in [-0.2, 0) is 9.84 Å². The minimum absolute atomic E-state index is 0.273. The second-order valence-electron chi connectivity index (χ2n) is 3.98. The van der Waals surface area contributed by atoms with Gasteiger partial charge in [0.15, 0.2) is 0 Å². The molecule has 0 spiro atoms. The van der Waals surface area contributed by atoms with Gasteiger partial charge in [-0.3, -0.25) is 0 Å². The Morgan fingerprint density at radius 2 is 1.77 bits per heavy atom. The van der Waals surface area contributed by atoms with E-state index in [9.17, 15) is 8.42 Å². The van der Waals surface area contributed by atoms with Crippen molar-refractivity contribution in [2.75, 3.05) is 11.5 Å². The van der Waals surface area contributed by atoms with E-state index < -0.39 is 9.84 Å². The van der Waals surface area contributed by atoms with Crippen molar-refractivity contribution in [1.29, 1.82) is 0 Å². The highest BCUT2D eigenvalue weighted by molar-refractivity contribution is 7.91. The molecule has 0 aliphatic heterocycles. The van der Waals surface area contributed by atoms with E-state index in [1.165, 1.54) is 0 Å². The fraction of sp³-hybridized carbons (Fsp3) is 1.00. The molecule has 4 heteroatoms. The van der Waals surface area contributed by atoms with Crippen LogP contribution in [0.1, 0.15) is 32.6 Å². The van der Waals surface area contributed by atoms with Crippen LogP contribution < -0.4 is 5.73 Å². The fourth-order valence-corrected chi connectivity index (χ4v) is 3.12. The summed E-state index contributed by atoms with van der Waals surface area (Å²) in [6.45, 7) is 1.71. The van der Waals surface area contributed by atoms with Gasteiger partial charge in [0.05, 0.1) is 5.75 Å². The van der Waals surface area contributed by atoms with Crippen LogP contribution in [0.25, 0.3) is 0 Å². The van der Waals surface area contributed by atoms with Crippen molar-refractivity contribution in [3.05, 3.63) is 0 Å². The highest BCUT2D eigenvalue weighted by Gasteiger charge is 2.22. The smallest absolute Gasteiger partial charge is 0.150 e. The van der Waals surface area contributed by atoms with Crippen molar-refractivity contribution < 1.29 is 8.42 Å². The maximum Gasteiger partial charge on any atom is 0.150 e. The predicted octanol–water partition coefficient (Wildman–Crippen LogP) is 0.939. The second-order valence-corrected chi connectivity index (χ2v) is 6.38. The van der Waals surface area contributed by atoms with Crippen LogP contribution in [-0.4, -0.2) is 26.0 Å². The minimum atomic E-state index is -2.78. The molecular weight excluding hydrogens is 186 g/mol. The first kappa shape index (κ1) is 11.0. The summed E-state index contributed by atoms with van der Waals surface area (Å²) < 4.78 is 22.6. The molecule has 13 heavy (non-hydrogen) atoms. The highest BCUT2D eigenvalue weighted by atomic mass is 32.2. The summed E-state index contributed by atoms with van der Waals surface area (Å²) in [7, 11) is -2.78. The van der Waals surface area contributed by atoms with Gasteiger partial charge in [-0.1, -0.05) is 6.92 Å². The monoisotopic (exact) mass is 205 g/mol. The molecular formula is C9H19NO2S. The van der Waals surface area contributed by atoms with Gasteiger partial charge in [-0.05, 0) is 31.6 Å². The number of hydrogen-bond acceptors (Lipinski definition) is 3. The Bertz CT molecular complexity index is 240. The first-order chi connectivity index (χ1) is 6.03. The summed E-state index contributed by atoms with van der Waals surface area (Å²) in [6, 6.07) is 0.306. The van der Waals surface area contributed by atoms with Crippen molar-refractivity contribution >= 4 is 9.84 Å². The van der Waals surface area contributed by atoms with E-state index in [-0.39, 0.29) is 5.75 Å². The molecule has 0 heterocycles. The molecule has 2 N–H and O–H groups in total. The zero-order valence-electron chi connectivity index (χ0n) is 8.20. The van der Waals surface area contributed by atoms with Crippen LogP contribution in [0.5, 0.6) is 0 Å². The summed E-state index contributed by atoms with van der Waals surface area (Å²) in [4.78, 5) is 0. The Balaban J connectivity index is 2.39. The van der Waals surface area contributed by atoms with E-state index in [2.05, 4.69) is 0 Å². The molecule has 1 fully saturated rings. The van der Waals surface area contributed by atoms with Crippen molar-refractivity contribution in [2.45, 2.75) is 38.6 Å². The van der Waals surface area contributed by atoms with Crippen LogP contribution in [0.3, 0.4) is 0 Å². The SMILES string of the molecule is CCS(=O)(=O)CC1CCC(N)CC1. The van der Waals surface area contributed by atoms with Gasteiger partial charge in [0.2, 0.25) is 0 Å². The number of nitrogens with two attached hydrogens (primary N) is 1. The van der Waals surface area contributed by atoms with Crippen LogP contribution >= 0.6 is 0 Å². The molecule has 78 valence electrons. The molecule has 1 rings (SSSR count). The van der Waals surface area contributed by atoms with E-state index in [4.69, 9.17) is 5.73 Å². The maximum atomic E-state index is 11.3. The Hall–Kier alpha value is -0.0900. The van der Waals surface area contributed by atoms with Crippen LogP contribution in [0, 0.1) is 5.92 Å².